The Balaban J connectivity index is 0. The summed E-state index contributed by atoms with van der Waals surface area (Å²) >= 11 is 0. The van der Waals surface area contributed by atoms with Crippen LogP contribution in [0.4, 0.5) is 0 Å². The van der Waals surface area contributed by atoms with Crippen LogP contribution in [0.3, 0.4) is 0 Å². The smallest absolute Gasteiger partial charge is 1.00 e. The van der Waals surface area contributed by atoms with Crippen molar-refractivity contribution in [1.82, 2.24) is 0 Å². The van der Waals surface area contributed by atoms with Crippen molar-refractivity contribution in [3.63, 3.8) is 0 Å². The molecule has 0 unspecified atom stereocenters. The molecule has 4 heteroatoms. The quantitative estimate of drug-likeness (QED) is 0.511. The number of hydrogen-bond acceptors (Lipinski definition) is 1. The maximum Gasteiger partial charge on any atom is 2.00 e. The Kier molecular flexibility index (Phi) is 8.42. The summed E-state index contributed by atoms with van der Waals surface area (Å²) in [5.41, 5.74) is 0. The summed E-state index contributed by atoms with van der Waals surface area (Å²) in [4.78, 5) is 0. The van der Waals surface area contributed by atoms with Gasteiger partial charge in [0, 0.05) is 0 Å². The van der Waals surface area contributed by atoms with Gasteiger partial charge in [0.1, 0.15) is 0 Å². The molecule has 68 valence electrons. The van der Waals surface area contributed by atoms with E-state index < -0.39 is 8.32 Å². The molecule has 1 rings (SSSR count). The first-order chi connectivity index (χ1) is 5.08. The molecule has 0 aliphatic rings. The zero-order valence-electron chi connectivity index (χ0n) is 8.30. The summed E-state index contributed by atoms with van der Waals surface area (Å²) in [7, 11) is -1.41. The van der Waals surface area contributed by atoms with Gasteiger partial charge in [0.25, 0.3) is 0 Å². The predicted molar refractivity (Wildman–Crippen MR) is 55.0 cm³/mol. The van der Waals surface area contributed by atoms with Gasteiger partial charge in [-0.1, -0.05) is 0 Å². The molecule has 0 saturated carbocycles. The molecule has 1 nitrogen and oxygen atoms in total. The zero-order valence-corrected chi connectivity index (χ0v) is 12.3. The standard InChI is InChI=1S/C9H13OSi.BrH.Mg/c1-11(2,3)10-9-7-5-4-6-8-9;;/h5-8H,1-3H3;1H;/q-1;;+2/p-1. The molecule has 0 fully saturated rings. The van der Waals surface area contributed by atoms with E-state index in [9.17, 15) is 0 Å². The fraction of sp³-hybridized carbons (Fsp3) is 0.333. The number of halogens is 1. The molecule has 0 bridgehead atoms. The van der Waals surface area contributed by atoms with Gasteiger partial charge in [-0.15, -0.1) is 12.1 Å². The number of hydrogen-bond donors (Lipinski definition) is 0. The summed E-state index contributed by atoms with van der Waals surface area (Å²) in [6.45, 7) is 6.51. The molecule has 0 amide bonds. The Labute approximate surface area is 108 Å². The summed E-state index contributed by atoms with van der Waals surface area (Å²) < 4.78 is 5.72. The first kappa shape index (κ1) is 15.9. The van der Waals surface area contributed by atoms with E-state index >= 15 is 0 Å². The molecular formula is C9H13BrMgOSi. The van der Waals surface area contributed by atoms with Gasteiger partial charge in [0.05, 0.1) is 0 Å². The maximum atomic E-state index is 5.72. The summed E-state index contributed by atoms with van der Waals surface area (Å²) in [5.74, 6) is 0.961. The van der Waals surface area contributed by atoms with Crippen LogP contribution in [0.25, 0.3) is 0 Å². The molecule has 1 aromatic rings. The van der Waals surface area contributed by atoms with Gasteiger partial charge in [-0.25, -0.2) is 0 Å². The van der Waals surface area contributed by atoms with Crippen LogP contribution in [0.1, 0.15) is 0 Å². The molecule has 0 aromatic heterocycles. The minimum atomic E-state index is -1.41. The Bertz CT molecular complexity index is 223. The largest absolute Gasteiger partial charge is 2.00 e. The Morgan fingerprint density at radius 3 is 2.00 bits per heavy atom. The molecule has 0 heterocycles. The predicted octanol–water partition coefficient (Wildman–Crippen LogP) is -0.676. The maximum absolute atomic E-state index is 5.72. The van der Waals surface area contributed by atoms with Crippen molar-refractivity contribution in [2.75, 3.05) is 0 Å². The van der Waals surface area contributed by atoms with Gasteiger partial charge in [0.15, 0.2) is 0 Å². The third-order valence-electron chi connectivity index (χ3n) is 1.11. The topological polar surface area (TPSA) is 9.23 Å². The van der Waals surface area contributed by atoms with Crippen molar-refractivity contribution >= 4 is 31.4 Å². The van der Waals surface area contributed by atoms with E-state index in [2.05, 4.69) is 25.7 Å². The molecule has 0 atom stereocenters. The van der Waals surface area contributed by atoms with Gasteiger partial charge >= 0.3 is 23.1 Å². The second kappa shape index (κ2) is 6.87. The van der Waals surface area contributed by atoms with Crippen molar-refractivity contribution in [1.29, 1.82) is 0 Å². The number of benzene rings is 1. The molecule has 0 aliphatic carbocycles. The van der Waals surface area contributed by atoms with E-state index in [0.29, 0.717) is 0 Å². The summed E-state index contributed by atoms with van der Waals surface area (Å²) in [6, 6.07) is 10.6. The first-order valence-electron chi connectivity index (χ1n) is 3.73. The zero-order chi connectivity index (χ0) is 8.32. The molecule has 13 heavy (non-hydrogen) atoms. The van der Waals surface area contributed by atoms with E-state index in [1.807, 2.05) is 24.3 Å². The average Bonchev–Trinajstić information content (AvgIpc) is 1.85. The van der Waals surface area contributed by atoms with Crippen LogP contribution in [0, 0.1) is 6.07 Å². The normalized spacial score (nSPS) is 9.46. The summed E-state index contributed by atoms with van der Waals surface area (Å²) in [5, 5.41) is 0. The second-order valence-corrected chi connectivity index (χ2v) is 7.88. The van der Waals surface area contributed by atoms with E-state index in [1.165, 1.54) is 0 Å². The van der Waals surface area contributed by atoms with Crippen LogP contribution >= 0.6 is 0 Å². The molecule has 0 aliphatic heterocycles. The monoisotopic (exact) mass is 268 g/mol. The van der Waals surface area contributed by atoms with Crippen molar-refractivity contribution in [2.45, 2.75) is 19.6 Å². The fourth-order valence-electron chi connectivity index (χ4n) is 0.793. The van der Waals surface area contributed by atoms with Crippen molar-refractivity contribution in [2.24, 2.45) is 0 Å². The molecule has 0 radical (unpaired) electrons. The summed E-state index contributed by atoms with van der Waals surface area (Å²) in [6.07, 6.45) is 0. The third kappa shape index (κ3) is 7.55. The van der Waals surface area contributed by atoms with Gasteiger partial charge < -0.3 is 21.4 Å². The van der Waals surface area contributed by atoms with E-state index in [-0.39, 0.29) is 40.0 Å². The Morgan fingerprint density at radius 2 is 1.62 bits per heavy atom. The van der Waals surface area contributed by atoms with Crippen molar-refractivity contribution < 1.29 is 21.4 Å². The van der Waals surface area contributed by atoms with Crippen LogP contribution < -0.4 is 21.4 Å². The molecule has 1 aromatic carbocycles. The first-order valence-corrected chi connectivity index (χ1v) is 7.14. The van der Waals surface area contributed by atoms with Gasteiger partial charge in [-0.05, 0) is 25.4 Å². The number of rotatable bonds is 2. The van der Waals surface area contributed by atoms with E-state index in [1.54, 1.807) is 0 Å². The van der Waals surface area contributed by atoms with Crippen LogP contribution in [0.2, 0.25) is 19.6 Å². The average molecular weight is 269 g/mol. The van der Waals surface area contributed by atoms with Crippen LogP contribution in [0.5, 0.6) is 5.75 Å². The van der Waals surface area contributed by atoms with Gasteiger partial charge in [-0.2, -0.15) is 18.2 Å². The minimum absolute atomic E-state index is 0. The molecule has 0 saturated heterocycles. The van der Waals surface area contributed by atoms with Gasteiger partial charge in [0.2, 0.25) is 8.32 Å². The van der Waals surface area contributed by atoms with E-state index in [4.69, 9.17) is 4.43 Å². The van der Waals surface area contributed by atoms with Crippen LogP contribution in [-0.2, 0) is 0 Å². The van der Waals surface area contributed by atoms with Crippen LogP contribution in [-0.4, -0.2) is 31.4 Å². The van der Waals surface area contributed by atoms with Crippen molar-refractivity contribution in [3.8, 4) is 5.75 Å². The molecule has 0 N–H and O–H groups in total. The van der Waals surface area contributed by atoms with Crippen molar-refractivity contribution in [3.05, 3.63) is 30.3 Å². The second-order valence-electron chi connectivity index (χ2n) is 3.45. The molecular weight excluding hydrogens is 256 g/mol. The van der Waals surface area contributed by atoms with Crippen LogP contribution in [0.15, 0.2) is 24.3 Å². The van der Waals surface area contributed by atoms with Gasteiger partial charge in [-0.3, -0.25) is 0 Å². The van der Waals surface area contributed by atoms with E-state index in [0.717, 1.165) is 5.75 Å². The Morgan fingerprint density at radius 1 is 1.15 bits per heavy atom. The SMILES string of the molecule is C[Si](C)(C)Oc1cc[c-]cc1.[Br-].[Mg+2]. The third-order valence-corrected chi connectivity index (χ3v) is 1.96. The molecule has 0 spiro atoms. The fourth-order valence-corrected chi connectivity index (χ4v) is 1.64. The minimum Gasteiger partial charge on any atom is -1.00 e. The Hall–Kier alpha value is 0.483.